The van der Waals surface area contributed by atoms with Gasteiger partial charge in [0.25, 0.3) is 0 Å². The summed E-state index contributed by atoms with van der Waals surface area (Å²) >= 11 is 0. The van der Waals surface area contributed by atoms with Crippen molar-refractivity contribution in [2.75, 3.05) is 25.1 Å². The van der Waals surface area contributed by atoms with Gasteiger partial charge in [-0.25, -0.2) is 0 Å². The Morgan fingerprint density at radius 2 is 1.11 bits per heavy atom. The Labute approximate surface area is 219 Å². The molecule has 1 amide bonds. The van der Waals surface area contributed by atoms with E-state index in [9.17, 15) is 4.79 Å². The van der Waals surface area contributed by atoms with Gasteiger partial charge >= 0.3 is 0 Å². The first-order valence-corrected chi connectivity index (χ1v) is 12.7. The number of nitrogens with one attached hydrogen (secondary N) is 1. The van der Waals surface area contributed by atoms with Gasteiger partial charge in [-0.3, -0.25) is 14.6 Å². The zero-order chi connectivity index (χ0) is 25.9. The molecule has 0 atom stereocenters. The number of hydrogen-bond donors (Lipinski definition) is 2. The number of anilines is 2. The Bertz CT molecular complexity index is 1420. The topological polar surface area (TPSA) is 61.6 Å². The molecule has 0 fully saturated rings. The lowest BCUT2D eigenvalue weighted by Crippen LogP contribution is -2.10. The van der Waals surface area contributed by atoms with Crippen LogP contribution in [-0.4, -0.2) is 29.8 Å². The van der Waals surface area contributed by atoms with Crippen molar-refractivity contribution in [3.63, 3.8) is 0 Å². The molecular formula is C32H34N4O. The molecule has 37 heavy (non-hydrogen) atoms. The predicted molar refractivity (Wildman–Crippen MR) is 153 cm³/mol. The molecule has 0 radical (unpaired) electrons. The van der Waals surface area contributed by atoms with Crippen LogP contribution in [0.3, 0.4) is 0 Å². The minimum atomic E-state index is -0.0192. The van der Waals surface area contributed by atoms with E-state index >= 15 is 0 Å². The molecule has 6 rings (SSSR count). The van der Waals surface area contributed by atoms with Crippen LogP contribution >= 0.6 is 0 Å². The second-order valence-electron chi connectivity index (χ2n) is 10.0. The van der Waals surface area contributed by atoms with E-state index in [2.05, 4.69) is 89.9 Å². The van der Waals surface area contributed by atoms with Gasteiger partial charge in [0.2, 0.25) is 5.91 Å². The highest BCUT2D eigenvalue weighted by Crippen LogP contribution is 2.37. The Kier molecular flexibility index (Phi) is 7.08. The third-order valence-electron chi connectivity index (χ3n) is 7.09. The number of amides is 1. The van der Waals surface area contributed by atoms with Crippen LogP contribution in [0.1, 0.15) is 29.2 Å². The van der Waals surface area contributed by atoms with Crippen molar-refractivity contribution in [1.82, 2.24) is 9.80 Å². The molecular weight excluding hydrogens is 456 g/mol. The molecule has 0 bridgehead atoms. The maximum atomic E-state index is 11.3. The Morgan fingerprint density at radius 3 is 1.65 bits per heavy atom. The molecule has 0 saturated heterocycles. The number of nitrogens with zero attached hydrogens (tertiary/aromatic N) is 2. The Balaban J connectivity index is 0.000000153. The summed E-state index contributed by atoms with van der Waals surface area (Å²) in [6.45, 7) is 5.31. The lowest BCUT2D eigenvalue weighted by atomic mass is 9.96. The number of fused-ring (bicyclic) bond motifs is 2. The van der Waals surface area contributed by atoms with Gasteiger partial charge in [0.15, 0.2) is 0 Å². The molecule has 0 saturated carbocycles. The van der Waals surface area contributed by atoms with Gasteiger partial charge < -0.3 is 11.1 Å². The van der Waals surface area contributed by atoms with Crippen molar-refractivity contribution < 1.29 is 4.79 Å². The zero-order valence-electron chi connectivity index (χ0n) is 21.8. The second-order valence-corrected chi connectivity index (χ2v) is 10.0. The van der Waals surface area contributed by atoms with Crippen LogP contribution in [0.25, 0.3) is 22.3 Å². The van der Waals surface area contributed by atoms with Crippen molar-refractivity contribution >= 4 is 17.3 Å². The third-order valence-corrected chi connectivity index (χ3v) is 7.09. The van der Waals surface area contributed by atoms with Crippen LogP contribution in [0.15, 0.2) is 84.9 Å². The van der Waals surface area contributed by atoms with Crippen LogP contribution in [-0.2, 0) is 31.0 Å². The first-order chi connectivity index (χ1) is 17.9. The Hall–Kier alpha value is -3.93. The van der Waals surface area contributed by atoms with Crippen LogP contribution in [0.5, 0.6) is 0 Å². The van der Waals surface area contributed by atoms with Crippen molar-refractivity contribution in [3.05, 3.63) is 107 Å². The number of nitrogens with two attached hydrogens (primary N) is 1. The van der Waals surface area contributed by atoms with Crippen LogP contribution in [0.2, 0.25) is 0 Å². The van der Waals surface area contributed by atoms with Crippen LogP contribution < -0.4 is 11.1 Å². The van der Waals surface area contributed by atoms with Crippen molar-refractivity contribution in [3.8, 4) is 22.3 Å². The lowest BCUT2D eigenvalue weighted by Gasteiger charge is -2.13. The smallest absolute Gasteiger partial charge is 0.221 e. The molecule has 0 aliphatic carbocycles. The predicted octanol–water partition coefficient (Wildman–Crippen LogP) is 6.14. The monoisotopic (exact) mass is 490 g/mol. The number of carbonyl (C=O) groups is 1. The maximum Gasteiger partial charge on any atom is 0.221 e. The summed E-state index contributed by atoms with van der Waals surface area (Å²) in [6, 6.07) is 29.2. The number of hydrogen-bond acceptors (Lipinski definition) is 4. The van der Waals surface area contributed by atoms with Crippen molar-refractivity contribution in [1.29, 1.82) is 0 Å². The molecule has 5 nitrogen and oxygen atoms in total. The molecule has 2 aliphatic rings. The summed E-state index contributed by atoms with van der Waals surface area (Å²) in [5.41, 5.74) is 18.3. The number of nitrogen functional groups attached to an aromatic ring is 1. The minimum absolute atomic E-state index is 0.0192. The van der Waals surface area contributed by atoms with E-state index in [-0.39, 0.29) is 5.91 Å². The molecule has 0 unspecified atom stereocenters. The van der Waals surface area contributed by atoms with E-state index in [1.165, 1.54) is 44.5 Å². The first kappa shape index (κ1) is 24.8. The van der Waals surface area contributed by atoms with Gasteiger partial charge in [-0.1, -0.05) is 72.8 Å². The highest BCUT2D eigenvalue weighted by Gasteiger charge is 2.23. The first-order valence-electron chi connectivity index (χ1n) is 12.7. The van der Waals surface area contributed by atoms with Gasteiger partial charge in [0, 0.05) is 44.5 Å². The lowest BCUT2D eigenvalue weighted by molar-refractivity contribution is -0.114. The summed E-state index contributed by atoms with van der Waals surface area (Å²) in [4.78, 5) is 15.9. The molecule has 4 aromatic carbocycles. The highest BCUT2D eigenvalue weighted by atomic mass is 16.1. The molecule has 5 heteroatoms. The van der Waals surface area contributed by atoms with E-state index in [1.54, 1.807) is 6.92 Å². The van der Waals surface area contributed by atoms with Crippen LogP contribution in [0, 0.1) is 0 Å². The van der Waals surface area contributed by atoms with E-state index in [0.717, 1.165) is 37.6 Å². The van der Waals surface area contributed by atoms with Gasteiger partial charge in [0.1, 0.15) is 0 Å². The van der Waals surface area contributed by atoms with E-state index < -0.39 is 0 Å². The number of benzene rings is 4. The summed E-state index contributed by atoms with van der Waals surface area (Å²) in [5.74, 6) is -0.0192. The Morgan fingerprint density at radius 1 is 0.649 bits per heavy atom. The summed E-state index contributed by atoms with van der Waals surface area (Å²) in [6.07, 6.45) is 0. The quantitative estimate of drug-likeness (QED) is 0.339. The third kappa shape index (κ3) is 5.29. The molecule has 2 aliphatic heterocycles. The van der Waals surface area contributed by atoms with E-state index in [1.807, 2.05) is 24.3 Å². The van der Waals surface area contributed by atoms with Gasteiger partial charge in [-0.15, -0.1) is 0 Å². The highest BCUT2D eigenvalue weighted by molar-refractivity contribution is 5.91. The second kappa shape index (κ2) is 10.6. The number of carbonyl (C=O) groups excluding carboxylic acids is 1. The fraction of sp³-hybridized carbons (Fsp3) is 0.219. The van der Waals surface area contributed by atoms with Gasteiger partial charge in [0.05, 0.1) is 0 Å². The zero-order valence-corrected chi connectivity index (χ0v) is 21.8. The molecule has 4 aromatic rings. The standard InChI is InChI=1S/C17H18N2O.C15H16N2/c1-12(20)18-17-9-8-14(13-6-4-3-5-7-13)15-10-19(2)11-16(15)17;1-17-9-13-12(11-5-3-2-4-6-11)7-8-15(16)14(13)10-17/h3-9H,10-11H2,1-2H3,(H,18,20);2-8H,9-10,16H2,1H3. The van der Waals surface area contributed by atoms with E-state index in [4.69, 9.17) is 5.73 Å². The summed E-state index contributed by atoms with van der Waals surface area (Å²) in [5, 5.41) is 2.94. The molecule has 0 aromatic heterocycles. The summed E-state index contributed by atoms with van der Waals surface area (Å²) in [7, 11) is 4.24. The normalized spacial score (nSPS) is 14.5. The van der Waals surface area contributed by atoms with Crippen LogP contribution in [0.4, 0.5) is 11.4 Å². The molecule has 2 heterocycles. The van der Waals surface area contributed by atoms with Crippen molar-refractivity contribution in [2.24, 2.45) is 0 Å². The fourth-order valence-corrected chi connectivity index (χ4v) is 5.41. The number of rotatable bonds is 3. The molecule has 3 N–H and O–H groups in total. The SMILES string of the molecule is CC(=O)Nc1ccc(-c2ccccc2)c2c1CN(C)C2.CN1Cc2c(N)ccc(-c3ccccc3)c2C1. The average molecular weight is 491 g/mol. The maximum absolute atomic E-state index is 11.3. The minimum Gasteiger partial charge on any atom is -0.398 e. The average Bonchev–Trinajstić information content (AvgIpc) is 3.49. The van der Waals surface area contributed by atoms with Crippen molar-refractivity contribution in [2.45, 2.75) is 33.1 Å². The van der Waals surface area contributed by atoms with Gasteiger partial charge in [-0.2, -0.15) is 0 Å². The fourth-order valence-electron chi connectivity index (χ4n) is 5.41. The molecule has 188 valence electrons. The van der Waals surface area contributed by atoms with E-state index in [0.29, 0.717) is 0 Å². The van der Waals surface area contributed by atoms with Gasteiger partial charge in [-0.05, 0) is 70.7 Å². The molecule has 0 spiro atoms. The summed E-state index contributed by atoms with van der Waals surface area (Å²) < 4.78 is 0. The largest absolute Gasteiger partial charge is 0.398 e.